The van der Waals surface area contributed by atoms with Crippen molar-refractivity contribution in [3.8, 4) is 0 Å². The molecular formula is CH4INOS. The van der Waals surface area contributed by atoms with E-state index in [1.807, 2.05) is 22.9 Å². The molecule has 2 nitrogen and oxygen atoms in total. The van der Waals surface area contributed by atoms with Gasteiger partial charge < -0.3 is 0 Å². The van der Waals surface area contributed by atoms with Crippen LogP contribution in [0.15, 0.2) is 0 Å². The van der Waals surface area contributed by atoms with Gasteiger partial charge in [0.2, 0.25) is 0 Å². The molecule has 0 aliphatic heterocycles. The van der Waals surface area contributed by atoms with E-state index in [-0.39, 0.29) is 0 Å². The normalized spacial score (nSPS) is 8.40. The third-order valence-electron chi connectivity index (χ3n) is 0.119. The average Bonchev–Trinajstić information content (AvgIpc) is 1.41. The molecule has 0 aliphatic rings. The molecule has 0 aliphatic carbocycles. The van der Waals surface area contributed by atoms with Gasteiger partial charge in [-0.05, 0) is 0 Å². The third-order valence-corrected chi connectivity index (χ3v) is 0.560. The van der Waals surface area contributed by atoms with Crippen LogP contribution >= 0.6 is 35.5 Å². The van der Waals surface area contributed by atoms with E-state index in [1.165, 1.54) is 0 Å². The Hall–Kier alpha value is 1.00. The molecule has 0 spiro atoms. The summed E-state index contributed by atoms with van der Waals surface area (Å²) in [7, 11) is 0. The zero-order valence-corrected chi connectivity index (χ0v) is 5.49. The Balaban J connectivity index is 2.19. The highest BCUT2D eigenvalue weighted by molar-refractivity contribution is 14.1. The highest BCUT2D eigenvalue weighted by atomic mass is 127. The van der Waals surface area contributed by atoms with Crippen molar-refractivity contribution in [2.75, 3.05) is 5.94 Å². The largest absolute Gasteiger partial charge is 0.282 e. The highest BCUT2D eigenvalue weighted by Gasteiger charge is 1.64. The van der Waals surface area contributed by atoms with Gasteiger partial charge in [-0.25, -0.2) is 0 Å². The first-order chi connectivity index (χ1) is 2.41. The van der Waals surface area contributed by atoms with Crippen molar-refractivity contribution in [3.05, 3.63) is 0 Å². The lowest BCUT2D eigenvalue weighted by atomic mass is 11.7. The lowest BCUT2D eigenvalue weighted by molar-refractivity contribution is 0.162. The lowest BCUT2D eigenvalue weighted by Crippen LogP contribution is -1.94. The summed E-state index contributed by atoms with van der Waals surface area (Å²) in [5, 5.41) is 0. The Labute approximate surface area is 50.1 Å². The van der Waals surface area contributed by atoms with Crippen molar-refractivity contribution in [2.45, 2.75) is 0 Å². The number of nitrogens with one attached hydrogen (secondary N) is 1. The third kappa shape index (κ3) is 5.00. The first-order valence-corrected chi connectivity index (χ1v) is 2.71. The van der Waals surface area contributed by atoms with Gasteiger partial charge in [0.25, 0.3) is 0 Å². The average molecular weight is 205 g/mol. The van der Waals surface area contributed by atoms with Crippen molar-refractivity contribution in [1.29, 1.82) is 0 Å². The van der Waals surface area contributed by atoms with Gasteiger partial charge >= 0.3 is 0 Å². The molecule has 0 atom stereocenters. The van der Waals surface area contributed by atoms with Crippen LogP contribution in [-0.2, 0) is 4.84 Å². The predicted molar refractivity (Wildman–Crippen MR) is 32.1 cm³/mol. The van der Waals surface area contributed by atoms with Gasteiger partial charge in [-0.1, -0.05) is 0 Å². The summed E-state index contributed by atoms with van der Waals surface area (Å²) in [6.07, 6.45) is 0. The topological polar surface area (TPSA) is 21.3 Å². The van der Waals surface area contributed by atoms with E-state index in [9.17, 15) is 0 Å². The van der Waals surface area contributed by atoms with E-state index in [0.29, 0.717) is 5.94 Å². The van der Waals surface area contributed by atoms with Crippen LogP contribution in [0.3, 0.4) is 0 Å². The molecule has 0 aromatic heterocycles. The van der Waals surface area contributed by atoms with Gasteiger partial charge in [0, 0.05) is 22.9 Å². The molecule has 0 aromatic rings. The molecule has 0 amide bonds. The van der Waals surface area contributed by atoms with E-state index in [1.54, 1.807) is 0 Å². The Bertz CT molecular complexity index is 19.1. The molecule has 4 heteroatoms. The molecule has 0 saturated carbocycles. The van der Waals surface area contributed by atoms with Gasteiger partial charge in [0.05, 0.1) is 0 Å². The van der Waals surface area contributed by atoms with Crippen LogP contribution in [0.1, 0.15) is 0 Å². The van der Waals surface area contributed by atoms with Crippen LogP contribution in [0.25, 0.3) is 0 Å². The summed E-state index contributed by atoms with van der Waals surface area (Å²) in [5.41, 5.74) is 0. The molecule has 0 heterocycles. The van der Waals surface area contributed by atoms with Crippen LogP contribution in [0.5, 0.6) is 0 Å². The zero-order chi connectivity index (χ0) is 4.12. The fourth-order valence-electron chi connectivity index (χ4n) is 0.0244. The Morgan fingerprint density at radius 1 is 2.00 bits per heavy atom. The van der Waals surface area contributed by atoms with E-state index in [4.69, 9.17) is 0 Å². The Morgan fingerprint density at radius 2 is 2.60 bits per heavy atom. The van der Waals surface area contributed by atoms with Gasteiger partial charge in [0.1, 0.15) is 5.94 Å². The second-order valence-corrected chi connectivity index (χ2v) is 1.05. The van der Waals surface area contributed by atoms with E-state index in [2.05, 4.69) is 21.2 Å². The van der Waals surface area contributed by atoms with Crippen molar-refractivity contribution < 1.29 is 4.84 Å². The molecule has 0 fully saturated rings. The zero-order valence-electron chi connectivity index (χ0n) is 2.44. The highest BCUT2D eigenvalue weighted by Crippen LogP contribution is 1.73. The quantitative estimate of drug-likeness (QED) is 0.228. The van der Waals surface area contributed by atoms with E-state index < -0.39 is 0 Å². The van der Waals surface area contributed by atoms with Gasteiger partial charge in [-0.15, -0.1) is 16.3 Å². The SMILES string of the molecule is SCONI. The molecule has 0 radical (unpaired) electrons. The maximum absolute atomic E-state index is 4.43. The first kappa shape index (κ1) is 6.00. The molecular weight excluding hydrogens is 201 g/mol. The summed E-state index contributed by atoms with van der Waals surface area (Å²) in [5.74, 6) is 0.420. The molecule has 32 valence electrons. The minimum atomic E-state index is 0.420. The van der Waals surface area contributed by atoms with Crippen LogP contribution in [0.4, 0.5) is 0 Å². The molecule has 1 N–H and O–H groups in total. The molecule has 0 bridgehead atoms. The summed E-state index contributed by atoms with van der Waals surface area (Å²) in [6.45, 7) is 0. The van der Waals surface area contributed by atoms with Crippen molar-refractivity contribution >= 4 is 35.5 Å². The molecule has 0 unspecified atom stereocenters. The van der Waals surface area contributed by atoms with E-state index in [0.717, 1.165) is 0 Å². The predicted octanol–water partition coefficient (Wildman–Crippen LogP) is 0.745. The van der Waals surface area contributed by atoms with Crippen molar-refractivity contribution in [2.24, 2.45) is 0 Å². The van der Waals surface area contributed by atoms with Crippen LogP contribution in [-0.4, -0.2) is 5.94 Å². The maximum Gasteiger partial charge on any atom is 0.112 e. The second kappa shape index (κ2) is 5.00. The number of halogens is 1. The number of rotatable bonds is 2. The van der Waals surface area contributed by atoms with Gasteiger partial charge in [-0.2, -0.15) is 0 Å². The van der Waals surface area contributed by atoms with Crippen molar-refractivity contribution in [1.82, 2.24) is 3.69 Å². The Kier molecular flexibility index (Phi) is 6.00. The summed E-state index contributed by atoms with van der Waals surface area (Å²) >= 11 is 5.58. The fraction of sp³-hybridized carbons (Fsp3) is 1.00. The number of hydrogen-bond acceptors (Lipinski definition) is 3. The smallest absolute Gasteiger partial charge is 0.112 e. The minimum absolute atomic E-state index is 0.420. The van der Waals surface area contributed by atoms with Crippen molar-refractivity contribution in [3.63, 3.8) is 0 Å². The monoisotopic (exact) mass is 205 g/mol. The van der Waals surface area contributed by atoms with Gasteiger partial charge in [-0.3, -0.25) is 4.84 Å². The maximum atomic E-state index is 4.43. The van der Waals surface area contributed by atoms with Crippen LogP contribution in [0, 0.1) is 0 Å². The minimum Gasteiger partial charge on any atom is -0.282 e. The molecule has 0 aromatic carbocycles. The lowest BCUT2D eigenvalue weighted by Gasteiger charge is -1.85. The fourth-order valence-corrected chi connectivity index (χ4v) is 0.491. The Morgan fingerprint density at radius 3 is 2.60 bits per heavy atom. The van der Waals surface area contributed by atoms with E-state index >= 15 is 0 Å². The summed E-state index contributed by atoms with van der Waals surface area (Å²) in [4.78, 5) is 4.43. The molecule has 5 heavy (non-hydrogen) atoms. The standard InChI is InChI=1S/CH4INOS/c2-3-4-1-5/h3,5H,1H2. The summed E-state index contributed by atoms with van der Waals surface area (Å²) < 4.78 is 2.41. The summed E-state index contributed by atoms with van der Waals surface area (Å²) in [6, 6.07) is 0. The number of thiol groups is 1. The van der Waals surface area contributed by atoms with Crippen LogP contribution in [0.2, 0.25) is 0 Å². The first-order valence-electron chi connectivity index (χ1n) is 0.998. The molecule has 0 rings (SSSR count). The number of hydrogen-bond donors (Lipinski definition) is 2. The van der Waals surface area contributed by atoms with Gasteiger partial charge in [0.15, 0.2) is 0 Å². The second-order valence-electron chi connectivity index (χ2n) is 0.351. The molecule has 0 saturated heterocycles. The van der Waals surface area contributed by atoms with Crippen LogP contribution < -0.4 is 3.69 Å².